The molecule has 5 nitrogen and oxygen atoms in total. The Kier molecular flexibility index (Phi) is 4.56. The summed E-state index contributed by atoms with van der Waals surface area (Å²) in [7, 11) is 0. The molecule has 3 saturated heterocycles. The molecule has 22 heavy (non-hydrogen) atoms. The van der Waals surface area contributed by atoms with Crippen LogP contribution in [-0.4, -0.2) is 48.7 Å². The molecule has 0 aliphatic carbocycles. The van der Waals surface area contributed by atoms with Crippen molar-refractivity contribution in [1.29, 1.82) is 0 Å². The van der Waals surface area contributed by atoms with E-state index in [1.54, 1.807) is 0 Å². The van der Waals surface area contributed by atoms with Crippen LogP contribution < -0.4 is 0 Å². The van der Waals surface area contributed by atoms with Gasteiger partial charge >= 0.3 is 0 Å². The van der Waals surface area contributed by atoms with Crippen LogP contribution in [0.15, 0.2) is 0 Å². The summed E-state index contributed by atoms with van der Waals surface area (Å²) in [6.45, 7) is 10.6. The van der Waals surface area contributed by atoms with E-state index in [-0.39, 0.29) is 30.5 Å². The summed E-state index contributed by atoms with van der Waals surface area (Å²) in [5.41, 5.74) is 0. The van der Waals surface area contributed by atoms with Gasteiger partial charge in [-0.25, -0.2) is 0 Å². The molecule has 3 heterocycles. The van der Waals surface area contributed by atoms with Gasteiger partial charge in [-0.1, -0.05) is 26.2 Å². The molecule has 3 rings (SSSR count). The maximum absolute atomic E-state index is 6.29. The van der Waals surface area contributed by atoms with E-state index in [9.17, 15) is 0 Å². The Morgan fingerprint density at radius 3 is 2.23 bits per heavy atom. The van der Waals surface area contributed by atoms with Gasteiger partial charge in [0.15, 0.2) is 11.6 Å². The second-order valence-corrected chi connectivity index (χ2v) is 7.57. The first kappa shape index (κ1) is 16.7. The standard InChI is InChI=1S/C17H30O5/c1-6-7-8-9-11-14-15(22-17(4,5)21-14)13(19-11)12-10-18-16(2,3)20-12/h11-15H,6-10H2,1-5H3/t11-,12-,13-,14-,15+/m1/s1. The molecule has 0 spiro atoms. The van der Waals surface area contributed by atoms with E-state index in [2.05, 4.69) is 6.92 Å². The van der Waals surface area contributed by atoms with Crippen LogP contribution in [0, 0.1) is 0 Å². The normalized spacial score (nSPS) is 42.7. The summed E-state index contributed by atoms with van der Waals surface area (Å²) in [6, 6.07) is 0. The Hall–Kier alpha value is -0.200. The number of hydrogen-bond donors (Lipinski definition) is 0. The molecule has 128 valence electrons. The highest BCUT2D eigenvalue weighted by Gasteiger charge is 2.58. The molecule has 3 aliphatic rings. The van der Waals surface area contributed by atoms with Crippen LogP contribution in [0.3, 0.4) is 0 Å². The third kappa shape index (κ3) is 3.34. The molecule has 0 radical (unpaired) electrons. The van der Waals surface area contributed by atoms with Gasteiger partial charge in [0, 0.05) is 0 Å². The van der Waals surface area contributed by atoms with Gasteiger partial charge in [0.05, 0.1) is 12.7 Å². The van der Waals surface area contributed by atoms with E-state index in [1.165, 1.54) is 12.8 Å². The summed E-state index contributed by atoms with van der Waals surface area (Å²) in [4.78, 5) is 0. The predicted molar refractivity (Wildman–Crippen MR) is 81.5 cm³/mol. The second-order valence-electron chi connectivity index (χ2n) is 7.57. The van der Waals surface area contributed by atoms with Gasteiger partial charge in [-0.3, -0.25) is 0 Å². The SMILES string of the molecule is CCCCC[C@H]1O[C@H]([C@H]2COC(C)(C)O2)[C@@H]2OC(C)(C)O[C@@H]21. The third-order valence-corrected chi connectivity index (χ3v) is 4.67. The van der Waals surface area contributed by atoms with Gasteiger partial charge in [-0.05, 0) is 34.1 Å². The number of ether oxygens (including phenoxy) is 5. The van der Waals surface area contributed by atoms with E-state index in [0.717, 1.165) is 12.8 Å². The quantitative estimate of drug-likeness (QED) is 0.730. The largest absolute Gasteiger partial charge is 0.367 e. The summed E-state index contributed by atoms with van der Waals surface area (Å²) in [5.74, 6) is -1.09. The number of fused-ring (bicyclic) bond motifs is 1. The Bertz CT molecular complexity index is 395. The van der Waals surface area contributed by atoms with Gasteiger partial charge in [-0.15, -0.1) is 0 Å². The molecule has 3 aliphatic heterocycles. The molecular weight excluding hydrogens is 284 g/mol. The first-order chi connectivity index (χ1) is 10.3. The second kappa shape index (κ2) is 6.02. The van der Waals surface area contributed by atoms with Crippen LogP contribution in [-0.2, 0) is 23.7 Å². The zero-order valence-corrected chi connectivity index (χ0v) is 14.5. The topological polar surface area (TPSA) is 46.2 Å². The lowest BCUT2D eigenvalue weighted by Crippen LogP contribution is -2.40. The molecule has 0 N–H and O–H groups in total. The van der Waals surface area contributed by atoms with E-state index in [1.807, 2.05) is 27.7 Å². The highest BCUT2D eigenvalue weighted by molar-refractivity contribution is 5.01. The lowest BCUT2D eigenvalue weighted by Gasteiger charge is -2.27. The van der Waals surface area contributed by atoms with E-state index in [4.69, 9.17) is 23.7 Å². The minimum atomic E-state index is -0.546. The lowest BCUT2D eigenvalue weighted by molar-refractivity contribution is -0.206. The van der Waals surface area contributed by atoms with Gasteiger partial charge in [0.1, 0.15) is 24.4 Å². The fourth-order valence-corrected chi connectivity index (χ4v) is 3.72. The summed E-state index contributed by atoms with van der Waals surface area (Å²) < 4.78 is 30.2. The maximum Gasteiger partial charge on any atom is 0.164 e. The van der Waals surface area contributed by atoms with Crippen LogP contribution in [0.5, 0.6) is 0 Å². The highest BCUT2D eigenvalue weighted by atomic mass is 16.8. The number of rotatable bonds is 5. The van der Waals surface area contributed by atoms with Crippen molar-refractivity contribution in [3.8, 4) is 0 Å². The minimum Gasteiger partial charge on any atom is -0.367 e. The van der Waals surface area contributed by atoms with E-state index >= 15 is 0 Å². The van der Waals surface area contributed by atoms with E-state index in [0.29, 0.717) is 6.61 Å². The van der Waals surface area contributed by atoms with Crippen LogP contribution in [0.1, 0.15) is 60.3 Å². The van der Waals surface area contributed by atoms with Gasteiger partial charge in [0.25, 0.3) is 0 Å². The fourth-order valence-electron chi connectivity index (χ4n) is 3.72. The molecule has 5 atom stereocenters. The number of hydrogen-bond acceptors (Lipinski definition) is 5. The Morgan fingerprint density at radius 2 is 1.59 bits per heavy atom. The number of unbranched alkanes of at least 4 members (excludes halogenated alkanes) is 2. The van der Waals surface area contributed by atoms with Gasteiger partial charge in [0.2, 0.25) is 0 Å². The van der Waals surface area contributed by atoms with Crippen LogP contribution in [0.4, 0.5) is 0 Å². The Balaban J connectivity index is 1.69. The minimum absolute atomic E-state index is 0.00386. The molecule has 0 aromatic rings. The first-order valence-electron chi connectivity index (χ1n) is 8.64. The average Bonchev–Trinajstić information content (AvgIpc) is 3.02. The Labute approximate surface area is 133 Å². The van der Waals surface area contributed by atoms with Gasteiger partial charge < -0.3 is 23.7 Å². The summed E-state index contributed by atoms with van der Waals surface area (Å²) in [6.07, 6.45) is 4.44. The molecule has 0 unspecified atom stereocenters. The molecule has 0 aromatic carbocycles. The Morgan fingerprint density at radius 1 is 0.864 bits per heavy atom. The van der Waals surface area contributed by atoms with Crippen molar-refractivity contribution in [2.24, 2.45) is 0 Å². The fraction of sp³-hybridized carbons (Fsp3) is 1.00. The molecule has 3 fully saturated rings. The van der Waals surface area contributed by atoms with Crippen molar-refractivity contribution < 1.29 is 23.7 Å². The summed E-state index contributed by atoms with van der Waals surface area (Å²) >= 11 is 0. The summed E-state index contributed by atoms with van der Waals surface area (Å²) in [5, 5.41) is 0. The van der Waals surface area contributed by atoms with Crippen molar-refractivity contribution in [3.63, 3.8) is 0 Å². The smallest absolute Gasteiger partial charge is 0.164 e. The van der Waals surface area contributed by atoms with E-state index < -0.39 is 11.6 Å². The molecular formula is C17H30O5. The van der Waals surface area contributed by atoms with Crippen molar-refractivity contribution in [2.45, 2.75) is 102 Å². The lowest BCUT2D eigenvalue weighted by atomic mass is 10.0. The highest BCUT2D eigenvalue weighted by Crippen LogP contribution is 2.43. The van der Waals surface area contributed by atoms with Crippen molar-refractivity contribution in [1.82, 2.24) is 0 Å². The zero-order chi connectivity index (χ0) is 16.0. The monoisotopic (exact) mass is 314 g/mol. The van der Waals surface area contributed by atoms with Crippen LogP contribution in [0.2, 0.25) is 0 Å². The average molecular weight is 314 g/mol. The van der Waals surface area contributed by atoms with Crippen molar-refractivity contribution in [2.75, 3.05) is 6.61 Å². The van der Waals surface area contributed by atoms with Crippen LogP contribution in [0.25, 0.3) is 0 Å². The zero-order valence-electron chi connectivity index (χ0n) is 14.5. The molecule has 0 saturated carbocycles. The van der Waals surface area contributed by atoms with Gasteiger partial charge in [-0.2, -0.15) is 0 Å². The third-order valence-electron chi connectivity index (χ3n) is 4.67. The van der Waals surface area contributed by atoms with Crippen molar-refractivity contribution in [3.05, 3.63) is 0 Å². The molecule has 0 bridgehead atoms. The maximum atomic E-state index is 6.29. The molecule has 0 aromatic heterocycles. The van der Waals surface area contributed by atoms with Crippen molar-refractivity contribution >= 4 is 0 Å². The van der Waals surface area contributed by atoms with Crippen LogP contribution >= 0.6 is 0 Å². The predicted octanol–water partition coefficient (Wildman–Crippen LogP) is 3.01. The molecule has 5 heteroatoms. The molecule has 0 amide bonds. The first-order valence-corrected chi connectivity index (χ1v) is 8.64.